The van der Waals surface area contributed by atoms with Crippen LogP contribution in [-0.4, -0.2) is 46.4 Å². The summed E-state index contributed by atoms with van der Waals surface area (Å²) in [6.45, 7) is 6.05. The highest BCUT2D eigenvalue weighted by Crippen LogP contribution is 2.35. The molecule has 25 heavy (non-hydrogen) atoms. The second-order valence-electron chi connectivity index (χ2n) is 6.69. The number of benzene rings is 1. The third-order valence-corrected chi connectivity index (χ3v) is 4.50. The van der Waals surface area contributed by atoms with E-state index in [0.717, 1.165) is 5.56 Å². The molecule has 0 saturated carbocycles. The molecule has 0 aliphatic carbocycles. The smallest absolute Gasteiger partial charge is 0.411 e. The molecule has 138 valence electrons. The van der Waals surface area contributed by atoms with Crippen molar-refractivity contribution in [2.45, 2.75) is 64.4 Å². The third-order valence-electron chi connectivity index (χ3n) is 4.50. The summed E-state index contributed by atoms with van der Waals surface area (Å²) in [4.78, 5) is 26.3. The molecule has 0 spiro atoms. The van der Waals surface area contributed by atoms with Gasteiger partial charge in [0.25, 0.3) is 0 Å². The zero-order valence-electron chi connectivity index (χ0n) is 15.1. The Bertz CT molecular complexity index is 579. The van der Waals surface area contributed by atoms with Crippen LogP contribution in [0.5, 0.6) is 0 Å². The minimum absolute atomic E-state index is 0.122. The van der Waals surface area contributed by atoms with Gasteiger partial charge in [-0.1, -0.05) is 37.3 Å². The lowest BCUT2D eigenvalue weighted by molar-refractivity contribution is -0.167. The van der Waals surface area contributed by atoms with Crippen LogP contribution >= 0.6 is 0 Å². The highest BCUT2D eigenvalue weighted by molar-refractivity contribution is 5.84. The number of carboxylic acids is 1. The summed E-state index contributed by atoms with van der Waals surface area (Å²) in [5, 5.41) is 9.95. The van der Waals surface area contributed by atoms with E-state index < -0.39 is 17.6 Å². The van der Waals surface area contributed by atoms with Crippen LogP contribution in [-0.2, 0) is 20.9 Å². The molecule has 6 nitrogen and oxygen atoms in total. The molecular weight excluding hydrogens is 322 g/mol. The fourth-order valence-electron chi connectivity index (χ4n) is 3.54. The SMILES string of the molecule is CCCN(C(=O)OCc1ccccc1)C1(C(=O)O)CC(C)OC(C)C1. The summed E-state index contributed by atoms with van der Waals surface area (Å²) in [5.41, 5.74) is -0.425. The van der Waals surface area contributed by atoms with Crippen molar-refractivity contribution in [3.63, 3.8) is 0 Å². The van der Waals surface area contributed by atoms with Gasteiger partial charge in [0.15, 0.2) is 0 Å². The normalized spacial score (nSPS) is 26.0. The maximum atomic E-state index is 12.7. The molecule has 1 saturated heterocycles. The molecular formula is C19H27NO5. The molecule has 1 aromatic rings. The number of aliphatic carboxylic acids is 1. The fraction of sp³-hybridized carbons (Fsp3) is 0.579. The molecule has 1 fully saturated rings. The maximum absolute atomic E-state index is 12.7. The van der Waals surface area contributed by atoms with Crippen LogP contribution in [0, 0.1) is 0 Å². The molecule has 1 aliphatic heterocycles. The van der Waals surface area contributed by atoms with E-state index in [4.69, 9.17) is 9.47 Å². The van der Waals surface area contributed by atoms with Crippen molar-refractivity contribution in [2.75, 3.05) is 6.54 Å². The number of nitrogens with zero attached hydrogens (tertiary/aromatic N) is 1. The van der Waals surface area contributed by atoms with E-state index in [2.05, 4.69) is 0 Å². The van der Waals surface area contributed by atoms with E-state index >= 15 is 0 Å². The molecule has 2 unspecified atom stereocenters. The average Bonchev–Trinajstić information content (AvgIpc) is 2.57. The molecule has 1 aliphatic rings. The second kappa shape index (κ2) is 8.34. The predicted molar refractivity (Wildman–Crippen MR) is 93.2 cm³/mol. The standard InChI is InChI=1S/C19H27NO5/c1-4-10-20(18(23)24-13-16-8-6-5-7-9-16)19(17(21)22)11-14(2)25-15(3)12-19/h5-9,14-15H,4,10-13H2,1-3H3,(H,21,22). The van der Waals surface area contributed by atoms with Crippen LogP contribution in [0.25, 0.3) is 0 Å². The Morgan fingerprint density at radius 3 is 2.36 bits per heavy atom. The van der Waals surface area contributed by atoms with Crippen LogP contribution in [0.15, 0.2) is 30.3 Å². The van der Waals surface area contributed by atoms with Crippen LogP contribution in [0.4, 0.5) is 4.79 Å². The van der Waals surface area contributed by atoms with Gasteiger partial charge in [0.2, 0.25) is 0 Å². The molecule has 2 rings (SSSR count). The highest BCUT2D eigenvalue weighted by atomic mass is 16.6. The van der Waals surface area contributed by atoms with Gasteiger partial charge in [0.1, 0.15) is 12.1 Å². The van der Waals surface area contributed by atoms with Crippen LogP contribution < -0.4 is 0 Å². The fourth-order valence-corrected chi connectivity index (χ4v) is 3.54. The van der Waals surface area contributed by atoms with E-state index in [1.54, 1.807) is 0 Å². The summed E-state index contributed by atoms with van der Waals surface area (Å²) < 4.78 is 11.1. The minimum atomic E-state index is -1.29. The molecule has 2 atom stereocenters. The van der Waals surface area contributed by atoms with Crippen LogP contribution in [0.3, 0.4) is 0 Å². The van der Waals surface area contributed by atoms with Gasteiger partial charge in [-0.15, -0.1) is 0 Å². The lowest BCUT2D eigenvalue weighted by Crippen LogP contribution is -2.62. The first-order chi connectivity index (χ1) is 11.9. The van der Waals surface area contributed by atoms with Gasteiger partial charge in [-0.25, -0.2) is 9.59 Å². The summed E-state index contributed by atoms with van der Waals surface area (Å²) in [6, 6.07) is 9.35. The zero-order valence-corrected chi connectivity index (χ0v) is 15.1. The Morgan fingerprint density at radius 1 is 1.24 bits per heavy atom. The van der Waals surface area contributed by atoms with Gasteiger partial charge >= 0.3 is 12.1 Å². The first kappa shape index (κ1) is 19.2. The number of carbonyl (C=O) groups is 2. The number of carboxylic acid groups (broad SMARTS) is 1. The van der Waals surface area contributed by atoms with Gasteiger partial charge in [-0.3, -0.25) is 4.90 Å². The van der Waals surface area contributed by atoms with Crippen molar-refractivity contribution in [3.05, 3.63) is 35.9 Å². The molecule has 1 N–H and O–H groups in total. The van der Waals surface area contributed by atoms with E-state index in [1.165, 1.54) is 4.90 Å². The van der Waals surface area contributed by atoms with Crippen molar-refractivity contribution in [1.29, 1.82) is 0 Å². The molecule has 1 aromatic carbocycles. The lowest BCUT2D eigenvalue weighted by Gasteiger charge is -2.46. The average molecular weight is 349 g/mol. The van der Waals surface area contributed by atoms with Crippen molar-refractivity contribution >= 4 is 12.1 Å². The summed E-state index contributed by atoms with van der Waals surface area (Å²) in [7, 11) is 0. The minimum Gasteiger partial charge on any atom is -0.479 e. The lowest BCUT2D eigenvalue weighted by atomic mass is 9.82. The predicted octanol–water partition coefficient (Wildman–Crippen LogP) is 3.45. The van der Waals surface area contributed by atoms with Crippen LogP contribution in [0.2, 0.25) is 0 Å². The second-order valence-corrected chi connectivity index (χ2v) is 6.69. The Kier molecular flexibility index (Phi) is 6.42. The van der Waals surface area contributed by atoms with E-state index in [0.29, 0.717) is 13.0 Å². The largest absolute Gasteiger partial charge is 0.479 e. The van der Waals surface area contributed by atoms with E-state index in [1.807, 2.05) is 51.1 Å². The number of hydrogen-bond donors (Lipinski definition) is 1. The van der Waals surface area contributed by atoms with Gasteiger partial charge in [0.05, 0.1) is 12.2 Å². The quantitative estimate of drug-likeness (QED) is 0.851. The molecule has 1 heterocycles. The Labute approximate surface area is 148 Å². The number of hydrogen-bond acceptors (Lipinski definition) is 4. The van der Waals surface area contributed by atoms with E-state index in [-0.39, 0.29) is 31.7 Å². The van der Waals surface area contributed by atoms with Gasteiger partial charge < -0.3 is 14.6 Å². The molecule has 0 bridgehead atoms. The van der Waals surface area contributed by atoms with Crippen molar-refractivity contribution in [2.24, 2.45) is 0 Å². The van der Waals surface area contributed by atoms with Crippen LogP contribution in [0.1, 0.15) is 45.6 Å². The molecule has 0 radical (unpaired) electrons. The Balaban J connectivity index is 2.20. The Morgan fingerprint density at radius 2 is 1.84 bits per heavy atom. The maximum Gasteiger partial charge on any atom is 0.411 e. The summed E-state index contributed by atoms with van der Waals surface area (Å²) >= 11 is 0. The van der Waals surface area contributed by atoms with E-state index in [9.17, 15) is 14.7 Å². The number of amides is 1. The first-order valence-electron chi connectivity index (χ1n) is 8.76. The van der Waals surface area contributed by atoms with Crippen molar-refractivity contribution in [3.8, 4) is 0 Å². The monoisotopic (exact) mass is 349 g/mol. The van der Waals surface area contributed by atoms with Gasteiger partial charge in [0, 0.05) is 19.4 Å². The highest BCUT2D eigenvalue weighted by Gasteiger charge is 2.51. The number of carbonyl (C=O) groups excluding carboxylic acids is 1. The number of ether oxygens (including phenoxy) is 2. The van der Waals surface area contributed by atoms with Gasteiger partial charge in [-0.05, 0) is 25.8 Å². The van der Waals surface area contributed by atoms with Gasteiger partial charge in [-0.2, -0.15) is 0 Å². The van der Waals surface area contributed by atoms with Crippen molar-refractivity contribution < 1.29 is 24.2 Å². The number of rotatable bonds is 6. The molecule has 1 amide bonds. The first-order valence-corrected chi connectivity index (χ1v) is 8.76. The zero-order chi connectivity index (χ0) is 18.4. The molecule has 0 aromatic heterocycles. The topological polar surface area (TPSA) is 76.1 Å². The summed E-state index contributed by atoms with van der Waals surface area (Å²) in [5.74, 6) is -1.00. The Hall–Kier alpha value is -2.08. The third kappa shape index (κ3) is 4.51. The summed E-state index contributed by atoms with van der Waals surface area (Å²) in [6.07, 6.45) is 0.107. The molecule has 6 heteroatoms. The van der Waals surface area contributed by atoms with Crippen molar-refractivity contribution in [1.82, 2.24) is 4.90 Å².